The highest BCUT2D eigenvalue weighted by Gasteiger charge is 2.32. The standard InChI is InChI=1S/C15H22N2O2/c1-12-4-3-5-13(8-12)6-7-17-14(18)9-19-15(2)10-16-11-15/h3-5,8,16H,6-7,9-11H2,1-2H3,(H,17,18). The molecule has 0 saturated carbocycles. The van der Waals surface area contributed by atoms with E-state index in [1.165, 1.54) is 11.1 Å². The molecule has 0 bridgehead atoms. The highest BCUT2D eigenvalue weighted by atomic mass is 16.5. The molecule has 0 atom stereocenters. The Morgan fingerprint density at radius 3 is 2.89 bits per heavy atom. The lowest BCUT2D eigenvalue weighted by Crippen LogP contribution is -2.59. The van der Waals surface area contributed by atoms with Gasteiger partial charge in [0.05, 0.1) is 5.60 Å². The molecule has 0 radical (unpaired) electrons. The molecular weight excluding hydrogens is 240 g/mol. The van der Waals surface area contributed by atoms with E-state index < -0.39 is 0 Å². The highest BCUT2D eigenvalue weighted by Crippen LogP contribution is 2.14. The molecule has 1 aromatic rings. The number of hydrogen-bond acceptors (Lipinski definition) is 3. The SMILES string of the molecule is Cc1cccc(CCNC(=O)COC2(C)CNC2)c1. The number of carbonyl (C=O) groups is 1. The molecule has 1 aromatic carbocycles. The Morgan fingerprint density at radius 1 is 1.47 bits per heavy atom. The average Bonchev–Trinajstić information content (AvgIpc) is 2.34. The molecule has 4 nitrogen and oxygen atoms in total. The van der Waals surface area contributed by atoms with Gasteiger partial charge in [-0.1, -0.05) is 29.8 Å². The Hall–Kier alpha value is -1.39. The van der Waals surface area contributed by atoms with Crippen LogP contribution in [0.4, 0.5) is 0 Å². The molecule has 2 N–H and O–H groups in total. The molecule has 1 aliphatic heterocycles. The van der Waals surface area contributed by atoms with Crippen molar-refractivity contribution >= 4 is 5.91 Å². The van der Waals surface area contributed by atoms with Crippen LogP contribution in [0.15, 0.2) is 24.3 Å². The number of carbonyl (C=O) groups excluding carboxylic acids is 1. The van der Waals surface area contributed by atoms with Gasteiger partial charge in [0.1, 0.15) is 6.61 Å². The topological polar surface area (TPSA) is 50.4 Å². The van der Waals surface area contributed by atoms with Gasteiger partial charge in [-0.25, -0.2) is 0 Å². The number of nitrogens with one attached hydrogen (secondary N) is 2. The number of aryl methyl sites for hydroxylation is 1. The number of ether oxygens (including phenoxy) is 1. The number of hydrogen-bond donors (Lipinski definition) is 2. The van der Waals surface area contributed by atoms with Gasteiger partial charge in [0.15, 0.2) is 0 Å². The van der Waals surface area contributed by atoms with Gasteiger partial charge < -0.3 is 15.4 Å². The molecular formula is C15H22N2O2. The molecule has 19 heavy (non-hydrogen) atoms. The second-order valence-corrected chi connectivity index (χ2v) is 5.43. The van der Waals surface area contributed by atoms with Crippen LogP contribution in [0.25, 0.3) is 0 Å². The zero-order valence-electron chi connectivity index (χ0n) is 11.7. The summed E-state index contributed by atoms with van der Waals surface area (Å²) < 4.78 is 5.57. The van der Waals surface area contributed by atoms with E-state index in [2.05, 4.69) is 35.8 Å². The third-order valence-corrected chi connectivity index (χ3v) is 3.37. The lowest BCUT2D eigenvalue weighted by Gasteiger charge is -2.38. The van der Waals surface area contributed by atoms with E-state index in [-0.39, 0.29) is 18.1 Å². The highest BCUT2D eigenvalue weighted by molar-refractivity contribution is 5.77. The van der Waals surface area contributed by atoms with E-state index >= 15 is 0 Å². The maximum Gasteiger partial charge on any atom is 0.246 e. The molecule has 0 aliphatic carbocycles. The van der Waals surface area contributed by atoms with E-state index in [0.717, 1.165) is 19.5 Å². The fraction of sp³-hybridized carbons (Fsp3) is 0.533. The van der Waals surface area contributed by atoms with Gasteiger partial charge in [-0.05, 0) is 25.8 Å². The van der Waals surface area contributed by atoms with Crippen molar-refractivity contribution in [3.8, 4) is 0 Å². The average molecular weight is 262 g/mol. The van der Waals surface area contributed by atoms with Gasteiger partial charge in [-0.15, -0.1) is 0 Å². The largest absolute Gasteiger partial charge is 0.363 e. The van der Waals surface area contributed by atoms with Gasteiger partial charge in [-0.3, -0.25) is 4.79 Å². The maximum atomic E-state index is 11.6. The summed E-state index contributed by atoms with van der Waals surface area (Å²) in [5, 5.41) is 6.03. The predicted octanol–water partition coefficient (Wildman–Crippen LogP) is 1.03. The summed E-state index contributed by atoms with van der Waals surface area (Å²) in [4.78, 5) is 11.6. The van der Waals surface area contributed by atoms with Crippen molar-refractivity contribution in [1.82, 2.24) is 10.6 Å². The number of rotatable bonds is 6. The molecule has 1 saturated heterocycles. The minimum absolute atomic E-state index is 0.0409. The van der Waals surface area contributed by atoms with Crippen LogP contribution in [0.3, 0.4) is 0 Å². The fourth-order valence-corrected chi connectivity index (χ4v) is 2.08. The van der Waals surface area contributed by atoms with Crippen LogP contribution in [0, 0.1) is 6.92 Å². The van der Waals surface area contributed by atoms with Crippen molar-refractivity contribution in [2.75, 3.05) is 26.2 Å². The van der Waals surface area contributed by atoms with Crippen LogP contribution in [0.1, 0.15) is 18.1 Å². The first-order valence-corrected chi connectivity index (χ1v) is 6.74. The van der Waals surface area contributed by atoms with Crippen molar-refractivity contribution in [3.05, 3.63) is 35.4 Å². The summed E-state index contributed by atoms with van der Waals surface area (Å²) in [6.45, 7) is 6.53. The monoisotopic (exact) mass is 262 g/mol. The van der Waals surface area contributed by atoms with E-state index in [1.54, 1.807) is 0 Å². The van der Waals surface area contributed by atoms with E-state index in [4.69, 9.17) is 4.74 Å². The van der Waals surface area contributed by atoms with Crippen LogP contribution >= 0.6 is 0 Å². The zero-order valence-corrected chi connectivity index (χ0v) is 11.7. The van der Waals surface area contributed by atoms with Crippen molar-refractivity contribution in [1.29, 1.82) is 0 Å². The van der Waals surface area contributed by atoms with Crippen molar-refractivity contribution < 1.29 is 9.53 Å². The van der Waals surface area contributed by atoms with Gasteiger partial charge in [0.2, 0.25) is 5.91 Å². The van der Waals surface area contributed by atoms with Crippen molar-refractivity contribution in [3.63, 3.8) is 0 Å². The Bertz CT molecular complexity index is 442. The second-order valence-electron chi connectivity index (χ2n) is 5.43. The molecule has 2 rings (SSSR count). The van der Waals surface area contributed by atoms with Crippen LogP contribution < -0.4 is 10.6 Å². The summed E-state index contributed by atoms with van der Waals surface area (Å²) in [6.07, 6.45) is 0.853. The second kappa shape index (κ2) is 6.17. The quantitative estimate of drug-likeness (QED) is 0.805. The Balaban J connectivity index is 1.63. The van der Waals surface area contributed by atoms with Crippen LogP contribution in [-0.2, 0) is 16.0 Å². The van der Waals surface area contributed by atoms with Crippen molar-refractivity contribution in [2.45, 2.75) is 25.9 Å². The summed E-state index contributed by atoms with van der Waals surface area (Å²) >= 11 is 0. The molecule has 1 aliphatic rings. The third-order valence-electron chi connectivity index (χ3n) is 3.37. The molecule has 0 unspecified atom stereocenters. The molecule has 4 heteroatoms. The van der Waals surface area contributed by atoms with Crippen LogP contribution in [0.5, 0.6) is 0 Å². The molecule has 104 valence electrons. The molecule has 1 fully saturated rings. The smallest absolute Gasteiger partial charge is 0.246 e. The minimum Gasteiger partial charge on any atom is -0.363 e. The van der Waals surface area contributed by atoms with Gasteiger partial charge in [0, 0.05) is 19.6 Å². The maximum absolute atomic E-state index is 11.6. The van der Waals surface area contributed by atoms with E-state index in [9.17, 15) is 4.79 Å². The number of benzene rings is 1. The minimum atomic E-state index is -0.159. The molecule has 0 aromatic heterocycles. The van der Waals surface area contributed by atoms with E-state index in [1.807, 2.05) is 13.0 Å². The third kappa shape index (κ3) is 4.33. The molecule has 0 spiro atoms. The lowest BCUT2D eigenvalue weighted by atomic mass is 10.0. The zero-order chi connectivity index (χ0) is 13.7. The van der Waals surface area contributed by atoms with Gasteiger partial charge in [-0.2, -0.15) is 0 Å². The summed E-state index contributed by atoms with van der Waals surface area (Å²) in [6, 6.07) is 8.34. The van der Waals surface area contributed by atoms with Gasteiger partial charge >= 0.3 is 0 Å². The first kappa shape index (κ1) is 14.0. The first-order chi connectivity index (χ1) is 9.07. The molecule has 1 amide bonds. The Morgan fingerprint density at radius 2 is 2.26 bits per heavy atom. The Labute approximate surface area is 114 Å². The summed E-state index contributed by atoms with van der Waals surface area (Å²) in [5.41, 5.74) is 2.34. The molecule has 1 heterocycles. The summed E-state index contributed by atoms with van der Waals surface area (Å²) in [7, 11) is 0. The lowest BCUT2D eigenvalue weighted by molar-refractivity contribution is -0.135. The van der Waals surface area contributed by atoms with Crippen LogP contribution in [-0.4, -0.2) is 37.7 Å². The van der Waals surface area contributed by atoms with E-state index in [0.29, 0.717) is 6.54 Å². The normalized spacial score (nSPS) is 16.7. The fourth-order valence-electron chi connectivity index (χ4n) is 2.08. The first-order valence-electron chi connectivity index (χ1n) is 6.74. The van der Waals surface area contributed by atoms with Gasteiger partial charge in [0.25, 0.3) is 0 Å². The predicted molar refractivity (Wildman–Crippen MR) is 75.1 cm³/mol. The summed E-state index contributed by atoms with van der Waals surface area (Å²) in [5.74, 6) is -0.0409. The van der Waals surface area contributed by atoms with Crippen LogP contribution in [0.2, 0.25) is 0 Å². The number of amides is 1. The Kier molecular flexibility index (Phi) is 4.56. The van der Waals surface area contributed by atoms with Crippen molar-refractivity contribution in [2.24, 2.45) is 0 Å².